The van der Waals surface area contributed by atoms with E-state index in [0.29, 0.717) is 5.41 Å². The quantitative estimate of drug-likeness (QED) is 0.705. The third kappa shape index (κ3) is 1.57. The van der Waals surface area contributed by atoms with E-state index in [2.05, 4.69) is 12.2 Å². The number of nitrogens with one attached hydrogen (secondary N) is 1. The van der Waals surface area contributed by atoms with Gasteiger partial charge in [0.1, 0.15) is 0 Å². The molecule has 1 aliphatic carbocycles. The van der Waals surface area contributed by atoms with Crippen LogP contribution in [0.1, 0.15) is 33.1 Å². The van der Waals surface area contributed by atoms with Gasteiger partial charge in [-0.25, -0.2) is 0 Å². The van der Waals surface area contributed by atoms with Crippen molar-refractivity contribution in [3.63, 3.8) is 0 Å². The molecule has 3 nitrogen and oxygen atoms in total. The highest BCUT2D eigenvalue weighted by molar-refractivity contribution is 5.83. The van der Waals surface area contributed by atoms with E-state index in [1.807, 2.05) is 11.8 Å². The lowest BCUT2D eigenvalue weighted by atomic mass is 10.0. The predicted molar refractivity (Wildman–Crippen MR) is 51.1 cm³/mol. The first-order chi connectivity index (χ1) is 6.17. The van der Waals surface area contributed by atoms with Gasteiger partial charge in [0.05, 0.1) is 12.7 Å². The summed E-state index contributed by atoms with van der Waals surface area (Å²) < 4.78 is 0. The van der Waals surface area contributed by atoms with Gasteiger partial charge in [0.25, 0.3) is 0 Å². The monoisotopic (exact) mass is 182 g/mol. The number of hydrogen-bond acceptors (Lipinski definition) is 2. The molecule has 1 atom stereocenters. The average molecular weight is 182 g/mol. The smallest absolute Gasteiger partial charge is 0.240 e. The van der Waals surface area contributed by atoms with Crippen molar-refractivity contribution in [3.8, 4) is 0 Å². The highest BCUT2D eigenvalue weighted by Crippen LogP contribution is 2.49. The lowest BCUT2D eigenvalue weighted by Gasteiger charge is -2.21. The number of rotatable bonds is 3. The molecule has 1 heterocycles. The van der Waals surface area contributed by atoms with Crippen LogP contribution < -0.4 is 5.32 Å². The van der Waals surface area contributed by atoms with Gasteiger partial charge >= 0.3 is 0 Å². The predicted octanol–water partition coefficient (Wildman–Crippen LogP) is 0.954. The molecule has 0 radical (unpaired) electrons. The third-order valence-electron chi connectivity index (χ3n) is 3.50. The first-order valence-electron chi connectivity index (χ1n) is 5.19. The van der Waals surface area contributed by atoms with E-state index in [0.717, 1.165) is 13.2 Å². The summed E-state index contributed by atoms with van der Waals surface area (Å²) >= 11 is 0. The zero-order valence-corrected chi connectivity index (χ0v) is 8.47. The van der Waals surface area contributed by atoms with Crippen LogP contribution in [-0.4, -0.2) is 30.1 Å². The Labute approximate surface area is 79.5 Å². The normalized spacial score (nSPS) is 31.1. The van der Waals surface area contributed by atoms with E-state index < -0.39 is 0 Å². The van der Waals surface area contributed by atoms with Gasteiger partial charge in [-0.2, -0.15) is 0 Å². The number of hydrogen-bond donors (Lipinski definition) is 1. The molecule has 1 saturated heterocycles. The molecular formula is C10H18N2O. The summed E-state index contributed by atoms with van der Waals surface area (Å²) in [7, 11) is 0. The minimum absolute atomic E-state index is 0.0349. The van der Waals surface area contributed by atoms with Crippen LogP contribution in [0, 0.1) is 5.41 Å². The topological polar surface area (TPSA) is 32.3 Å². The zero-order valence-electron chi connectivity index (χ0n) is 8.47. The molecule has 0 aromatic heterocycles. The van der Waals surface area contributed by atoms with Crippen LogP contribution in [-0.2, 0) is 4.79 Å². The number of carbonyl (C=O) groups is 1. The standard InChI is InChI=1S/C10H18N2O/c1-3-10(4-5-10)6-12-7-11-8(2)9(12)13/h8,11H,3-7H2,1-2H3. The summed E-state index contributed by atoms with van der Waals surface area (Å²) in [4.78, 5) is 13.6. The summed E-state index contributed by atoms with van der Waals surface area (Å²) in [6.07, 6.45) is 3.83. The Morgan fingerprint density at radius 1 is 1.62 bits per heavy atom. The van der Waals surface area contributed by atoms with E-state index in [1.54, 1.807) is 0 Å². The fourth-order valence-electron chi connectivity index (χ4n) is 2.03. The molecule has 13 heavy (non-hydrogen) atoms. The number of carbonyl (C=O) groups excluding carboxylic acids is 1. The maximum atomic E-state index is 11.6. The Morgan fingerprint density at radius 2 is 2.31 bits per heavy atom. The number of amides is 1. The molecule has 3 heteroatoms. The molecular weight excluding hydrogens is 164 g/mol. The van der Waals surface area contributed by atoms with Crippen LogP contribution in [0.2, 0.25) is 0 Å². The Balaban J connectivity index is 1.92. The minimum atomic E-state index is 0.0349. The first kappa shape index (κ1) is 9.00. The van der Waals surface area contributed by atoms with Crippen LogP contribution in [0.5, 0.6) is 0 Å². The van der Waals surface area contributed by atoms with Crippen molar-refractivity contribution >= 4 is 5.91 Å². The van der Waals surface area contributed by atoms with Crippen molar-refractivity contribution in [3.05, 3.63) is 0 Å². The fraction of sp³-hybridized carbons (Fsp3) is 0.900. The molecule has 2 rings (SSSR count). The molecule has 1 unspecified atom stereocenters. The van der Waals surface area contributed by atoms with E-state index >= 15 is 0 Å². The summed E-state index contributed by atoms with van der Waals surface area (Å²) in [5.74, 6) is 0.278. The molecule has 1 N–H and O–H groups in total. The van der Waals surface area contributed by atoms with Crippen molar-refractivity contribution in [1.82, 2.24) is 10.2 Å². The summed E-state index contributed by atoms with van der Waals surface area (Å²) in [6, 6.07) is 0.0349. The van der Waals surface area contributed by atoms with Crippen LogP contribution in [0.25, 0.3) is 0 Å². The zero-order chi connectivity index (χ0) is 9.47. The van der Waals surface area contributed by atoms with Crippen molar-refractivity contribution in [1.29, 1.82) is 0 Å². The second kappa shape index (κ2) is 2.98. The minimum Gasteiger partial charge on any atom is -0.328 e. The first-order valence-corrected chi connectivity index (χ1v) is 5.19. The Kier molecular flexibility index (Phi) is 2.06. The van der Waals surface area contributed by atoms with Crippen molar-refractivity contribution in [2.45, 2.75) is 39.2 Å². The maximum absolute atomic E-state index is 11.6. The van der Waals surface area contributed by atoms with E-state index in [4.69, 9.17) is 0 Å². The molecule has 0 aromatic carbocycles. The van der Waals surface area contributed by atoms with Crippen molar-refractivity contribution in [2.24, 2.45) is 5.41 Å². The molecule has 2 fully saturated rings. The SMILES string of the molecule is CCC1(CN2CNC(C)C2=O)CC1. The molecule has 1 aliphatic heterocycles. The molecule has 0 bridgehead atoms. The Bertz CT molecular complexity index is 223. The Hall–Kier alpha value is -0.570. The second-order valence-corrected chi connectivity index (χ2v) is 4.47. The van der Waals surface area contributed by atoms with Gasteiger partial charge in [0.2, 0.25) is 5.91 Å². The van der Waals surface area contributed by atoms with Crippen LogP contribution in [0.4, 0.5) is 0 Å². The van der Waals surface area contributed by atoms with Gasteiger partial charge < -0.3 is 4.90 Å². The van der Waals surface area contributed by atoms with Crippen molar-refractivity contribution < 1.29 is 4.79 Å². The number of nitrogens with zero attached hydrogens (tertiary/aromatic N) is 1. The van der Waals surface area contributed by atoms with Gasteiger partial charge in [-0.05, 0) is 31.6 Å². The molecule has 0 aromatic rings. The highest BCUT2D eigenvalue weighted by atomic mass is 16.2. The van der Waals surface area contributed by atoms with Gasteiger partial charge in [-0.15, -0.1) is 0 Å². The van der Waals surface area contributed by atoms with Crippen LogP contribution in [0.15, 0.2) is 0 Å². The van der Waals surface area contributed by atoms with Crippen LogP contribution >= 0.6 is 0 Å². The highest BCUT2D eigenvalue weighted by Gasteiger charge is 2.44. The largest absolute Gasteiger partial charge is 0.328 e. The van der Waals surface area contributed by atoms with Gasteiger partial charge in [-0.1, -0.05) is 6.92 Å². The van der Waals surface area contributed by atoms with E-state index in [9.17, 15) is 4.79 Å². The molecule has 1 amide bonds. The molecule has 74 valence electrons. The van der Waals surface area contributed by atoms with E-state index in [1.165, 1.54) is 19.3 Å². The van der Waals surface area contributed by atoms with Crippen molar-refractivity contribution in [2.75, 3.05) is 13.2 Å². The lowest BCUT2D eigenvalue weighted by Crippen LogP contribution is -2.33. The Morgan fingerprint density at radius 3 is 2.69 bits per heavy atom. The van der Waals surface area contributed by atoms with Gasteiger partial charge in [0.15, 0.2) is 0 Å². The summed E-state index contributed by atoms with van der Waals surface area (Å²) in [5.41, 5.74) is 0.488. The molecule has 0 spiro atoms. The van der Waals surface area contributed by atoms with Crippen LogP contribution in [0.3, 0.4) is 0 Å². The summed E-state index contributed by atoms with van der Waals surface area (Å²) in [6.45, 7) is 5.89. The molecule has 2 aliphatic rings. The fourth-order valence-corrected chi connectivity index (χ4v) is 2.03. The third-order valence-corrected chi connectivity index (χ3v) is 3.50. The van der Waals surface area contributed by atoms with Gasteiger partial charge in [0, 0.05) is 6.54 Å². The maximum Gasteiger partial charge on any atom is 0.240 e. The van der Waals surface area contributed by atoms with Gasteiger partial charge in [-0.3, -0.25) is 10.1 Å². The average Bonchev–Trinajstić information content (AvgIpc) is 2.85. The van der Waals surface area contributed by atoms with E-state index in [-0.39, 0.29) is 11.9 Å². The molecule has 1 saturated carbocycles. The second-order valence-electron chi connectivity index (χ2n) is 4.47. The lowest BCUT2D eigenvalue weighted by molar-refractivity contribution is -0.129. The summed E-state index contributed by atoms with van der Waals surface area (Å²) in [5, 5.41) is 3.17.